The molecule has 1 aromatic rings. The van der Waals surface area contributed by atoms with Crippen LogP contribution in [0.15, 0.2) is 16.7 Å². The summed E-state index contributed by atoms with van der Waals surface area (Å²) in [6.45, 7) is 2.63. The molecule has 0 radical (unpaired) electrons. The molecule has 2 fully saturated rings. The summed E-state index contributed by atoms with van der Waals surface area (Å²) in [5.74, 6) is 1.01. The molecule has 1 N–H and O–H groups in total. The van der Waals surface area contributed by atoms with Crippen molar-refractivity contribution >= 4 is 5.91 Å². The van der Waals surface area contributed by atoms with Gasteiger partial charge in [-0.1, -0.05) is 6.42 Å². The number of carbonyl (C=O) groups is 1. The van der Waals surface area contributed by atoms with Crippen LogP contribution >= 0.6 is 0 Å². The fraction of sp³-hybridized carbons (Fsp3) is 0.688. The van der Waals surface area contributed by atoms with Gasteiger partial charge in [0.25, 0.3) is 5.91 Å². The number of rotatable bonds is 2. The molecule has 1 saturated heterocycles. The van der Waals surface area contributed by atoms with Gasteiger partial charge in [-0.05, 0) is 45.1 Å². The number of hydrogen-bond donors (Lipinski definition) is 1. The van der Waals surface area contributed by atoms with Crippen molar-refractivity contribution in [1.82, 2.24) is 4.90 Å². The fourth-order valence-electron chi connectivity index (χ4n) is 3.83. The molecule has 1 saturated carbocycles. The van der Waals surface area contributed by atoms with Gasteiger partial charge in [-0.3, -0.25) is 4.79 Å². The topological polar surface area (TPSA) is 53.7 Å². The van der Waals surface area contributed by atoms with Gasteiger partial charge < -0.3 is 14.4 Å². The van der Waals surface area contributed by atoms with E-state index in [0.717, 1.165) is 45.1 Å². The molecule has 3 unspecified atom stereocenters. The highest BCUT2D eigenvalue weighted by atomic mass is 16.3. The number of amides is 1. The number of furan rings is 1. The molecular weight excluding hydrogens is 254 g/mol. The van der Waals surface area contributed by atoms with E-state index in [2.05, 4.69) is 0 Å². The van der Waals surface area contributed by atoms with Crippen LogP contribution < -0.4 is 0 Å². The smallest absolute Gasteiger partial charge is 0.257 e. The molecule has 0 spiro atoms. The quantitative estimate of drug-likeness (QED) is 0.904. The molecule has 110 valence electrons. The van der Waals surface area contributed by atoms with Gasteiger partial charge in [0.15, 0.2) is 0 Å². The zero-order chi connectivity index (χ0) is 14.1. The van der Waals surface area contributed by atoms with Gasteiger partial charge in [-0.15, -0.1) is 0 Å². The number of likely N-dealkylation sites (tertiary alicyclic amines) is 1. The largest absolute Gasteiger partial charge is 0.469 e. The maximum atomic E-state index is 12.7. The van der Waals surface area contributed by atoms with Crippen molar-refractivity contribution in [2.45, 2.75) is 57.6 Å². The van der Waals surface area contributed by atoms with E-state index < -0.39 is 0 Å². The molecule has 2 heterocycles. The Bertz CT molecular complexity index is 482. The van der Waals surface area contributed by atoms with E-state index in [-0.39, 0.29) is 24.0 Å². The molecule has 0 bridgehead atoms. The molecule has 1 amide bonds. The Morgan fingerprint density at radius 1 is 1.30 bits per heavy atom. The number of piperidine rings is 1. The molecule has 1 aliphatic carbocycles. The van der Waals surface area contributed by atoms with E-state index in [4.69, 9.17) is 4.42 Å². The van der Waals surface area contributed by atoms with Gasteiger partial charge in [0.2, 0.25) is 0 Å². The lowest BCUT2D eigenvalue weighted by molar-refractivity contribution is 0.0287. The molecule has 4 heteroatoms. The minimum Gasteiger partial charge on any atom is -0.469 e. The van der Waals surface area contributed by atoms with Crippen molar-refractivity contribution in [3.05, 3.63) is 23.7 Å². The zero-order valence-electron chi connectivity index (χ0n) is 12.0. The van der Waals surface area contributed by atoms with Crippen LogP contribution in [0.1, 0.15) is 54.6 Å². The SMILES string of the molecule is Cc1occc1C(=O)N1CCCCC1C1CCCC1O. The zero-order valence-corrected chi connectivity index (χ0v) is 12.0. The summed E-state index contributed by atoms with van der Waals surface area (Å²) < 4.78 is 5.26. The first-order valence-corrected chi connectivity index (χ1v) is 7.71. The molecule has 3 atom stereocenters. The van der Waals surface area contributed by atoms with Gasteiger partial charge >= 0.3 is 0 Å². The van der Waals surface area contributed by atoms with Crippen LogP contribution in [0, 0.1) is 12.8 Å². The lowest BCUT2D eigenvalue weighted by Gasteiger charge is -2.40. The van der Waals surface area contributed by atoms with E-state index in [9.17, 15) is 9.90 Å². The highest BCUT2D eigenvalue weighted by Crippen LogP contribution is 2.36. The monoisotopic (exact) mass is 277 g/mol. The Morgan fingerprint density at radius 3 is 2.80 bits per heavy atom. The van der Waals surface area contributed by atoms with Crippen LogP contribution in [0.4, 0.5) is 0 Å². The second-order valence-electron chi connectivity index (χ2n) is 6.11. The van der Waals surface area contributed by atoms with E-state index in [0.29, 0.717) is 11.3 Å². The van der Waals surface area contributed by atoms with Crippen LogP contribution in [-0.2, 0) is 0 Å². The molecule has 20 heavy (non-hydrogen) atoms. The average molecular weight is 277 g/mol. The lowest BCUT2D eigenvalue weighted by Crippen LogP contribution is -2.49. The molecule has 0 aromatic carbocycles. The Morgan fingerprint density at radius 2 is 2.15 bits per heavy atom. The third-order valence-electron chi connectivity index (χ3n) is 4.93. The summed E-state index contributed by atoms with van der Waals surface area (Å²) in [6, 6.07) is 1.96. The van der Waals surface area contributed by atoms with Crippen LogP contribution in [0.5, 0.6) is 0 Å². The van der Waals surface area contributed by atoms with Crippen LogP contribution in [0.3, 0.4) is 0 Å². The van der Waals surface area contributed by atoms with Crippen molar-refractivity contribution in [1.29, 1.82) is 0 Å². The number of aliphatic hydroxyl groups is 1. The van der Waals surface area contributed by atoms with Gasteiger partial charge in [0.1, 0.15) is 5.76 Å². The molecule has 2 aliphatic rings. The highest BCUT2D eigenvalue weighted by Gasteiger charge is 2.39. The van der Waals surface area contributed by atoms with Gasteiger partial charge in [-0.2, -0.15) is 0 Å². The van der Waals surface area contributed by atoms with Crippen LogP contribution in [0.2, 0.25) is 0 Å². The van der Waals surface area contributed by atoms with E-state index >= 15 is 0 Å². The van der Waals surface area contributed by atoms with E-state index in [1.807, 2.05) is 11.8 Å². The Hall–Kier alpha value is -1.29. The molecular formula is C16H23NO3. The summed E-state index contributed by atoms with van der Waals surface area (Å²) in [7, 11) is 0. The van der Waals surface area contributed by atoms with Gasteiger partial charge in [0.05, 0.1) is 17.9 Å². The first kappa shape index (κ1) is 13.7. The number of aliphatic hydroxyl groups excluding tert-OH is 1. The Kier molecular flexibility index (Phi) is 3.83. The highest BCUT2D eigenvalue weighted by molar-refractivity contribution is 5.95. The lowest BCUT2D eigenvalue weighted by atomic mass is 9.87. The fourth-order valence-corrected chi connectivity index (χ4v) is 3.83. The van der Waals surface area contributed by atoms with Crippen LogP contribution in [0.25, 0.3) is 0 Å². The predicted octanol–water partition coefficient (Wildman–Crippen LogP) is 2.74. The minimum absolute atomic E-state index is 0.0695. The second kappa shape index (κ2) is 5.60. The number of nitrogens with zero attached hydrogens (tertiary/aromatic N) is 1. The van der Waals surface area contributed by atoms with Gasteiger partial charge in [-0.25, -0.2) is 0 Å². The van der Waals surface area contributed by atoms with Crippen molar-refractivity contribution in [2.24, 2.45) is 5.92 Å². The first-order chi connectivity index (χ1) is 9.68. The maximum absolute atomic E-state index is 12.7. The van der Waals surface area contributed by atoms with Crippen molar-refractivity contribution in [2.75, 3.05) is 6.54 Å². The normalized spacial score (nSPS) is 30.7. The summed E-state index contributed by atoms with van der Waals surface area (Å²) in [6.07, 6.45) is 7.57. The third-order valence-corrected chi connectivity index (χ3v) is 4.93. The number of hydrogen-bond acceptors (Lipinski definition) is 3. The Balaban J connectivity index is 1.82. The van der Waals surface area contributed by atoms with Crippen molar-refractivity contribution < 1.29 is 14.3 Å². The van der Waals surface area contributed by atoms with E-state index in [1.165, 1.54) is 0 Å². The van der Waals surface area contributed by atoms with Crippen molar-refractivity contribution in [3.63, 3.8) is 0 Å². The summed E-state index contributed by atoms with van der Waals surface area (Å²) in [5, 5.41) is 10.2. The summed E-state index contributed by atoms with van der Waals surface area (Å²) >= 11 is 0. The number of carbonyl (C=O) groups excluding carboxylic acids is 1. The Labute approximate surface area is 119 Å². The summed E-state index contributed by atoms with van der Waals surface area (Å²) in [5.41, 5.74) is 0.671. The standard InChI is InChI=1S/C16H23NO3/c1-11-12(8-10-20-11)16(19)17-9-3-2-6-14(17)13-5-4-7-15(13)18/h8,10,13-15,18H,2-7,9H2,1H3. The second-order valence-corrected chi connectivity index (χ2v) is 6.11. The van der Waals surface area contributed by atoms with Crippen molar-refractivity contribution in [3.8, 4) is 0 Å². The number of aryl methyl sites for hydroxylation is 1. The molecule has 3 rings (SSSR count). The maximum Gasteiger partial charge on any atom is 0.257 e. The third kappa shape index (κ3) is 2.37. The first-order valence-electron chi connectivity index (χ1n) is 7.71. The molecule has 1 aromatic heterocycles. The minimum atomic E-state index is -0.237. The van der Waals surface area contributed by atoms with E-state index in [1.54, 1.807) is 12.3 Å². The van der Waals surface area contributed by atoms with Gasteiger partial charge in [0, 0.05) is 18.5 Å². The van der Waals surface area contributed by atoms with Crippen LogP contribution in [-0.4, -0.2) is 34.6 Å². The molecule has 1 aliphatic heterocycles. The molecule has 4 nitrogen and oxygen atoms in total. The predicted molar refractivity (Wildman–Crippen MR) is 75.5 cm³/mol. The summed E-state index contributed by atoms with van der Waals surface area (Å²) in [4.78, 5) is 14.7. The average Bonchev–Trinajstić information content (AvgIpc) is 3.06.